The summed E-state index contributed by atoms with van der Waals surface area (Å²) in [6, 6.07) is 9.26. The van der Waals surface area contributed by atoms with Crippen molar-refractivity contribution in [3.63, 3.8) is 0 Å². The maximum Gasteiger partial charge on any atom is 0.308 e. The van der Waals surface area contributed by atoms with Gasteiger partial charge in [0.15, 0.2) is 0 Å². The van der Waals surface area contributed by atoms with Gasteiger partial charge in [0.25, 0.3) is 0 Å². The van der Waals surface area contributed by atoms with Gasteiger partial charge in [-0.2, -0.15) is 0 Å². The first-order valence-corrected chi connectivity index (χ1v) is 9.81. The van der Waals surface area contributed by atoms with E-state index in [1.807, 2.05) is 37.3 Å². The zero-order chi connectivity index (χ0) is 19.4. The summed E-state index contributed by atoms with van der Waals surface area (Å²) >= 11 is 0. The number of amides is 2. The predicted octanol–water partition coefficient (Wildman–Crippen LogP) is 2.40. The molecule has 2 amide bonds. The normalized spacial score (nSPS) is 24.0. The van der Waals surface area contributed by atoms with E-state index >= 15 is 0 Å². The molecule has 1 unspecified atom stereocenters. The fourth-order valence-corrected chi connectivity index (χ4v) is 4.29. The molecule has 6 heteroatoms. The zero-order valence-corrected chi connectivity index (χ0v) is 15.8. The maximum atomic E-state index is 12.7. The van der Waals surface area contributed by atoms with Gasteiger partial charge in [-0.3, -0.25) is 14.4 Å². The largest absolute Gasteiger partial charge is 0.481 e. The first-order chi connectivity index (χ1) is 13.0. The van der Waals surface area contributed by atoms with Crippen LogP contribution in [0.4, 0.5) is 0 Å². The average Bonchev–Trinajstić information content (AvgIpc) is 3.32. The van der Waals surface area contributed by atoms with Crippen LogP contribution in [0.5, 0.6) is 0 Å². The number of nitrogens with zero attached hydrogens (tertiary/aromatic N) is 1. The molecule has 0 bridgehead atoms. The third kappa shape index (κ3) is 4.67. The Bertz CT molecular complexity index is 685. The first-order valence-electron chi connectivity index (χ1n) is 9.81. The highest BCUT2D eigenvalue weighted by atomic mass is 16.4. The second kappa shape index (κ2) is 8.55. The van der Waals surface area contributed by atoms with Gasteiger partial charge in [0.05, 0.1) is 5.92 Å². The van der Waals surface area contributed by atoms with Crippen LogP contribution < -0.4 is 5.32 Å². The lowest BCUT2D eigenvalue weighted by molar-refractivity contribution is -0.141. The van der Waals surface area contributed by atoms with Crippen LogP contribution in [0.15, 0.2) is 30.3 Å². The van der Waals surface area contributed by atoms with Crippen LogP contribution >= 0.6 is 0 Å². The minimum absolute atomic E-state index is 0.0415. The van der Waals surface area contributed by atoms with Gasteiger partial charge in [-0.25, -0.2) is 0 Å². The number of hydrogen-bond acceptors (Lipinski definition) is 3. The molecule has 1 aromatic carbocycles. The monoisotopic (exact) mass is 372 g/mol. The van der Waals surface area contributed by atoms with Crippen LogP contribution in [0.3, 0.4) is 0 Å². The number of benzene rings is 1. The van der Waals surface area contributed by atoms with Crippen LogP contribution in [0, 0.1) is 11.8 Å². The van der Waals surface area contributed by atoms with Crippen molar-refractivity contribution < 1.29 is 19.5 Å². The summed E-state index contributed by atoms with van der Waals surface area (Å²) in [4.78, 5) is 38.2. The second-order valence-electron chi connectivity index (χ2n) is 7.86. The Morgan fingerprint density at radius 1 is 1.15 bits per heavy atom. The Balaban J connectivity index is 1.58. The molecule has 1 heterocycles. The molecule has 27 heavy (non-hydrogen) atoms. The van der Waals surface area contributed by atoms with Gasteiger partial charge in [0.1, 0.15) is 0 Å². The molecule has 2 N–H and O–H groups in total. The Kier molecular flexibility index (Phi) is 6.14. The molecule has 0 radical (unpaired) electrons. The van der Waals surface area contributed by atoms with Crippen molar-refractivity contribution in [2.24, 2.45) is 11.8 Å². The van der Waals surface area contributed by atoms with Gasteiger partial charge < -0.3 is 15.3 Å². The molecule has 1 saturated heterocycles. The van der Waals surface area contributed by atoms with E-state index in [0.29, 0.717) is 6.54 Å². The molecular weight excluding hydrogens is 344 g/mol. The number of hydrogen-bond donors (Lipinski definition) is 2. The Hall–Kier alpha value is -2.37. The Labute approximate surface area is 159 Å². The number of carboxylic acid groups (broad SMARTS) is 1. The van der Waals surface area contributed by atoms with Crippen molar-refractivity contribution in [2.75, 3.05) is 13.1 Å². The van der Waals surface area contributed by atoms with E-state index in [4.69, 9.17) is 0 Å². The lowest BCUT2D eigenvalue weighted by atomic mass is 9.89. The van der Waals surface area contributed by atoms with Crippen LogP contribution in [-0.4, -0.2) is 46.9 Å². The van der Waals surface area contributed by atoms with Crippen molar-refractivity contribution >= 4 is 17.8 Å². The topological polar surface area (TPSA) is 86.7 Å². The number of nitrogens with one attached hydrogen (secondary N) is 1. The molecule has 0 spiro atoms. The summed E-state index contributed by atoms with van der Waals surface area (Å²) in [5, 5.41) is 12.5. The van der Waals surface area contributed by atoms with Gasteiger partial charge in [0, 0.05) is 37.4 Å². The SMILES string of the molecule is CC(CC(=O)N1C[C@H](C(=O)O)[C@H](c2ccccc2)C1)NC(=O)C1CCCC1. The molecule has 2 fully saturated rings. The van der Waals surface area contributed by atoms with Crippen molar-refractivity contribution in [1.82, 2.24) is 10.2 Å². The molecule has 3 atom stereocenters. The lowest BCUT2D eigenvalue weighted by Crippen LogP contribution is -2.40. The van der Waals surface area contributed by atoms with E-state index in [9.17, 15) is 19.5 Å². The van der Waals surface area contributed by atoms with E-state index in [-0.39, 0.29) is 42.7 Å². The molecule has 1 saturated carbocycles. The summed E-state index contributed by atoms with van der Waals surface area (Å²) in [5.41, 5.74) is 0.947. The molecule has 1 aliphatic heterocycles. The molecule has 3 rings (SSSR count). The number of carboxylic acids is 1. The molecule has 1 aliphatic carbocycles. The number of carbonyl (C=O) groups excluding carboxylic acids is 2. The smallest absolute Gasteiger partial charge is 0.308 e. The van der Waals surface area contributed by atoms with Gasteiger partial charge in [0.2, 0.25) is 11.8 Å². The van der Waals surface area contributed by atoms with Crippen molar-refractivity contribution in [3.8, 4) is 0 Å². The lowest BCUT2D eigenvalue weighted by Gasteiger charge is -2.21. The summed E-state index contributed by atoms with van der Waals surface area (Å²) in [6.45, 7) is 2.46. The minimum Gasteiger partial charge on any atom is -0.481 e. The highest BCUT2D eigenvalue weighted by Gasteiger charge is 2.40. The molecule has 146 valence electrons. The Morgan fingerprint density at radius 3 is 2.44 bits per heavy atom. The number of carbonyl (C=O) groups is 3. The zero-order valence-electron chi connectivity index (χ0n) is 15.8. The van der Waals surface area contributed by atoms with E-state index in [1.54, 1.807) is 4.90 Å². The van der Waals surface area contributed by atoms with Crippen molar-refractivity contribution in [3.05, 3.63) is 35.9 Å². The van der Waals surface area contributed by atoms with E-state index in [1.165, 1.54) is 0 Å². The van der Waals surface area contributed by atoms with Crippen LogP contribution in [0.2, 0.25) is 0 Å². The fourth-order valence-electron chi connectivity index (χ4n) is 4.29. The number of aliphatic carboxylic acids is 1. The molecule has 6 nitrogen and oxygen atoms in total. The van der Waals surface area contributed by atoms with Crippen LogP contribution in [-0.2, 0) is 14.4 Å². The fraction of sp³-hybridized carbons (Fsp3) is 0.571. The quantitative estimate of drug-likeness (QED) is 0.803. The standard InChI is InChI=1S/C21H28N2O4/c1-14(22-20(25)16-9-5-6-10-16)11-19(24)23-12-17(18(13-23)21(26)27)15-7-3-2-4-8-15/h2-4,7-8,14,16-18H,5-6,9-13H2,1H3,(H,22,25)(H,26,27)/t14?,17-,18-/m0/s1. The van der Waals surface area contributed by atoms with E-state index in [0.717, 1.165) is 31.2 Å². The summed E-state index contributed by atoms with van der Waals surface area (Å²) in [5.74, 6) is -1.65. The molecule has 0 aromatic heterocycles. The molecular formula is C21H28N2O4. The van der Waals surface area contributed by atoms with Crippen molar-refractivity contribution in [2.45, 2.75) is 51.0 Å². The first kappa shape index (κ1) is 19.4. The van der Waals surface area contributed by atoms with Gasteiger partial charge in [-0.15, -0.1) is 0 Å². The van der Waals surface area contributed by atoms with E-state index in [2.05, 4.69) is 5.32 Å². The summed E-state index contributed by atoms with van der Waals surface area (Å²) < 4.78 is 0. The van der Waals surface area contributed by atoms with Gasteiger partial charge in [-0.1, -0.05) is 43.2 Å². The van der Waals surface area contributed by atoms with Crippen LogP contribution in [0.25, 0.3) is 0 Å². The third-order valence-electron chi connectivity index (χ3n) is 5.81. The van der Waals surface area contributed by atoms with Gasteiger partial charge >= 0.3 is 5.97 Å². The highest BCUT2D eigenvalue weighted by molar-refractivity contribution is 5.82. The Morgan fingerprint density at radius 2 is 1.81 bits per heavy atom. The number of rotatable bonds is 6. The second-order valence-corrected chi connectivity index (χ2v) is 7.86. The average molecular weight is 372 g/mol. The minimum atomic E-state index is -0.873. The maximum absolute atomic E-state index is 12.7. The number of likely N-dealkylation sites (tertiary alicyclic amines) is 1. The highest BCUT2D eigenvalue weighted by Crippen LogP contribution is 2.33. The van der Waals surface area contributed by atoms with Crippen molar-refractivity contribution in [1.29, 1.82) is 0 Å². The third-order valence-corrected chi connectivity index (χ3v) is 5.81. The molecule has 1 aromatic rings. The van der Waals surface area contributed by atoms with E-state index < -0.39 is 11.9 Å². The summed E-state index contributed by atoms with van der Waals surface area (Å²) in [7, 11) is 0. The predicted molar refractivity (Wildman–Crippen MR) is 101 cm³/mol. The van der Waals surface area contributed by atoms with Gasteiger partial charge in [-0.05, 0) is 25.3 Å². The molecule has 2 aliphatic rings. The summed E-state index contributed by atoms with van der Waals surface area (Å²) in [6.07, 6.45) is 4.24. The van der Waals surface area contributed by atoms with Crippen LogP contribution in [0.1, 0.15) is 50.5 Å².